The van der Waals surface area contributed by atoms with E-state index in [1.54, 1.807) is 12.1 Å². The average Bonchev–Trinajstić information content (AvgIpc) is 2.50. The standard InChI is InChI=1S/C17H19NO3/c1-2-3-4-5-6-7-8-16-11-9-14-13-15(18(19)20)10-12-17(14)21-16/h1,9-13,16H,3-8H2. The van der Waals surface area contributed by atoms with Crippen LogP contribution in [0.5, 0.6) is 5.75 Å². The van der Waals surface area contributed by atoms with Gasteiger partial charge in [0, 0.05) is 24.1 Å². The smallest absolute Gasteiger partial charge is 0.270 e. The number of nitro groups is 1. The molecule has 0 amide bonds. The van der Waals surface area contributed by atoms with Crippen molar-refractivity contribution in [3.63, 3.8) is 0 Å². The summed E-state index contributed by atoms with van der Waals surface area (Å²) in [4.78, 5) is 10.3. The molecule has 4 nitrogen and oxygen atoms in total. The molecule has 0 aliphatic carbocycles. The van der Waals surface area contributed by atoms with E-state index in [9.17, 15) is 10.1 Å². The highest BCUT2D eigenvalue weighted by atomic mass is 16.6. The minimum absolute atomic E-state index is 0.0617. The van der Waals surface area contributed by atoms with Gasteiger partial charge in [-0.05, 0) is 31.4 Å². The number of non-ortho nitro benzene ring substituents is 1. The Hall–Kier alpha value is -2.28. The third-order valence-electron chi connectivity index (χ3n) is 3.53. The van der Waals surface area contributed by atoms with E-state index in [4.69, 9.17) is 11.2 Å². The summed E-state index contributed by atoms with van der Waals surface area (Å²) in [5.41, 5.74) is 0.864. The molecule has 110 valence electrons. The Morgan fingerprint density at radius 3 is 2.86 bits per heavy atom. The van der Waals surface area contributed by atoms with Crippen molar-refractivity contribution in [2.75, 3.05) is 0 Å². The number of hydrogen-bond donors (Lipinski definition) is 0. The van der Waals surface area contributed by atoms with Gasteiger partial charge in [-0.15, -0.1) is 12.3 Å². The second-order valence-corrected chi connectivity index (χ2v) is 5.15. The number of rotatable bonds is 7. The van der Waals surface area contributed by atoms with Crippen LogP contribution in [0.1, 0.15) is 44.1 Å². The van der Waals surface area contributed by atoms with E-state index < -0.39 is 4.92 Å². The minimum Gasteiger partial charge on any atom is -0.486 e. The first-order valence-electron chi connectivity index (χ1n) is 7.27. The summed E-state index contributed by atoms with van der Waals surface area (Å²) in [5, 5.41) is 10.7. The molecular weight excluding hydrogens is 266 g/mol. The molecular formula is C17H19NO3. The molecule has 1 aliphatic rings. The highest BCUT2D eigenvalue weighted by Gasteiger charge is 2.17. The van der Waals surface area contributed by atoms with Crippen LogP contribution in [0.2, 0.25) is 0 Å². The zero-order valence-corrected chi connectivity index (χ0v) is 12.0. The van der Waals surface area contributed by atoms with E-state index in [1.807, 2.05) is 12.2 Å². The van der Waals surface area contributed by atoms with Gasteiger partial charge in [0.2, 0.25) is 0 Å². The molecule has 0 fully saturated rings. The van der Waals surface area contributed by atoms with Crippen LogP contribution in [0, 0.1) is 22.5 Å². The van der Waals surface area contributed by atoms with Crippen LogP contribution >= 0.6 is 0 Å². The van der Waals surface area contributed by atoms with E-state index in [1.165, 1.54) is 6.07 Å². The van der Waals surface area contributed by atoms with Crippen molar-refractivity contribution >= 4 is 11.8 Å². The molecule has 0 spiro atoms. The topological polar surface area (TPSA) is 52.4 Å². The van der Waals surface area contributed by atoms with Crippen LogP contribution in [0.25, 0.3) is 6.08 Å². The molecule has 0 radical (unpaired) electrons. The monoisotopic (exact) mass is 285 g/mol. The van der Waals surface area contributed by atoms with E-state index in [-0.39, 0.29) is 11.8 Å². The Kier molecular flexibility index (Phi) is 5.39. The number of nitrogens with zero attached hydrogens (tertiary/aromatic N) is 1. The third-order valence-corrected chi connectivity index (χ3v) is 3.53. The number of terminal acetylenes is 1. The number of ether oxygens (including phenoxy) is 1. The molecule has 1 aliphatic heterocycles. The lowest BCUT2D eigenvalue weighted by molar-refractivity contribution is -0.384. The summed E-state index contributed by atoms with van der Waals surface area (Å²) in [5.74, 6) is 3.37. The minimum atomic E-state index is -0.392. The lowest BCUT2D eigenvalue weighted by Gasteiger charge is -2.21. The molecule has 1 aromatic carbocycles. The summed E-state index contributed by atoms with van der Waals surface area (Å²) in [6, 6.07) is 4.70. The van der Waals surface area contributed by atoms with E-state index in [0.29, 0.717) is 0 Å². The molecule has 1 atom stereocenters. The first-order valence-corrected chi connectivity index (χ1v) is 7.27. The lowest BCUT2D eigenvalue weighted by atomic mass is 10.0. The first-order chi connectivity index (χ1) is 10.2. The Morgan fingerprint density at radius 2 is 2.10 bits per heavy atom. The van der Waals surface area contributed by atoms with E-state index >= 15 is 0 Å². The van der Waals surface area contributed by atoms with Gasteiger partial charge in [-0.2, -0.15) is 0 Å². The van der Waals surface area contributed by atoms with Crippen LogP contribution in [-0.2, 0) is 0 Å². The predicted octanol–water partition coefficient (Wildman–Crippen LogP) is 4.34. The molecule has 0 N–H and O–H groups in total. The molecule has 4 heteroatoms. The van der Waals surface area contributed by atoms with Crippen LogP contribution in [0.4, 0.5) is 5.69 Å². The number of nitro benzene ring substituents is 1. The summed E-state index contributed by atoms with van der Waals surface area (Å²) < 4.78 is 5.85. The van der Waals surface area contributed by atoms with Gasteiger partial charge in [0.1, 0.15) is 11.9 Å². The van der Waals surface area contributed by atoms with Crippen molar-refractivity contribution in [2.24, 2.45) is 0 Å². The molecule has 1 aromatic rings. The summed E-state index contributed by atoms with van der Waals surface area (Å²) in [7, 11) is 0. The van der Waals surface area contributed by atoms with Gasteiger partial charge in [0.25, 0.3) is 5.69 Å². The summed E-state index contributed by atoms with van der Waals surface area (Å²) in [6.07, 6.45) is 15.5. The Morgan fingerprint density at radius 1 is 1.29 bits per heavy atom. The maximum Gasteiger partial charge on any atom is 0.270 e. The second kappa shape index (κ2) is 7.49. The first kappa shape index (κ1) is 15.1. The average molecular weight is 285 g/mol. The Labute approximate surface area is 125 Å². The number of fused-ring (bicyclic) bond motifs is 1. The third kappa shape index (κ3) is 4.35. The van der Waals surface area contributed by atoms with Crippen LogP contribution < -0.4 is 4.74 Å². The molecule has 0 saturated carbocycles. The molecule has 1 heterocycles. The summed E-state index contributed by atoms with van der Waals surface area (Å²) >= 11 is 0. The van der Waals surface area contributed by atoms with Gasteiger partial charge in [-0.1, -0.05) is 18.9 Å². The van der Waals surface area contributed by atoms with Crippen molar-refractivity contribution in [3.05, 3.63) is 40.0 Å². The molecule has 1 unspecified atom stereocenters. The van der Waals surface area contributed by atoms with Gasteiger partial charge in [-0.3, -0.25) is 10.1 Å². The van der Waals surface area contributed by atoms with Gasteiger partial charge >= 0.3 is 0 Å². The molecule has 0 saturated heterocycles. The zero-order valence-electron chi connectivity index (χ0n) is 12.0. The van der Waals surface area contributed by atoms with Crippen molar-refractivity contribution in [3.8, 4) is 18.1 Å². The van der Waals surface area contributed by atoms with Gasteiger partial charge < -0.3 is 4.74 Å². The maximum atomic E-state index is 10.7. The maximum absolute atomic E-state index is 10.7. The second-order valence-electron chi connectivity index (χ2n) is 5.15. The fourth-order valence-corrected chi connectivity index (χ4v) is 2.38. The lowest BCUT2D eigenvalue weighted by Crippen LogP contribution is -2.16. The highest BCUT2D eigenvalue weighted by molar-refractivity contribution is 5.63. The number of hydrogen-bond acceptors (Lipinski definition) is 3. The van der Waals surface area contributed by atoms with Crippen molar-refractivity contribution < 1.29 is 9.66 Å². The van der Waals surface area contributed by atoms with Crippen LogP contribution in [-0.4, -0.2) is 11.0 Å². The molecule has 2 rings (SSSR count). The van der Waals surface area contributed by atoms with Crippen molar-refractivity contribution in [1.29, 1.82) is 0 Å². The van der Waals surface area contributed by atoms with Gasteiger partial charge in [0.05, 0.1) is 4.92 Å². The van der Waals surface area contributed by atoms with Gasteiger partial charge in [-0.25, -0.2) is 0 Å². The fourth-order valence-electron chi connectivity index (χ4n) is 2.38. The number of unbranched alkanes of at least 4 members (excludes halogenated alkanes) is 4. The molecule has 0 bridgehead atoms. The Bertz CT molecular complexity index is 572. The highest BCUT2D eigenvalue weighted by Crippen LogP contribution is 2.30. The van der Waals surface area contributed by atoms with Crippen molar-refractivity contribution in [2.45, 2.75) is 44.6 Å². The normalized spacial score (nSPS) is 15.9. The summed E-state index contributed by atoms with van der Waals surface area (Å²) in [6.45, 7) is 0. The van der Waals surface area contributed by atoms with Gasteiger partial charge in [0.15, 0.2) is 0 Å². The van der Waals surface area contributed by atoms with Crippen LogP contribution in [0.3, 0.4) is 0 Å². The quantitative estimate of drug-likeness (QED) is 0.324. The van der Waals surface area contributed by atoms with Crippen LogP contribution in [0.15, 0.2) is 24.3 Å². The molecule has 21 heavy (non-hydrogen) atoms. The van der Waals surface area contributed by atoms with E-state index in [2.05, 4.69) is 5.92 Å². The largest absolute Gasteiger partial charge is 0.486 e. The fraction of sp³-hybridized carbons (Fsp3) is 0.412. The SMILES string of the molecule is C#CCCCCCCC1C=Cc2cc([N+](=O)[O-])ccc2O1. The number of benzene rings is 1. The zero-order chi connectivity index (χ0) is 15.1. The Balaban J connectivity index is 1.81. The van der Waals surface area contributed by atoms with Crippen molar-refractivity contribution in [1.82, 2.24) is 0 Å². The molecule has 0 aromatic heterocycles. The van der Waals surface area contributed by atoms with E-state index in [0.717, 1.165) is 49.8 Å². The predicted molar refractivity (Wildman–Crippen MR) is 83.1 cm³/mol.